The van der Waals surface area contributed by atoms with Crippen LogP contribution < -0.4 is 4.74 Å². The molecule has 2 nitrogen and oxygen atoms in total. The number of hydrogen-bond acceptors (Lipinski definition) is 2. The minimum Gasteiger partial charge on any atom is -0.485 e. The highest BCUT2D eigenvalue weighted by molar-refractivity contribution is 6.30. The van der Waals surface area contributed by atoms with E-state index < -0.39 is 11.9 Å². The van der Waals surface area contributed by atoms with Crippen LogP contribution in [0.4, 0.5) is 4.39 Å². The van der Waals surface area contributed by atoms with E-state index in [1.807, 2.05) is 24.3 Å². The molecule has 2 aromatic carbocycles. The molecule has 1 heterocycles. The number of para-hydroxylation sites is 1. The zero-order chi connectivity index (χ0) is 13.4. The number of aliphatic hydroxyl groups excluding tert-OH is 1. The molecule has 0 amide bonds. The van der Waals surface area contributed by atoms with E-state index in [-0.39, 0.29) is 11.1 Å². The third-order valence-corrected chi connectivity index (χ3v) is 3.59. The van der Waals surface area contributed by atoms with Gasteiger partial charge in [-0.2, -0.15) is 0 Å². The standard InChI is InChI=1S/C15H12ClFO2/c16-11-7-9(5-6-12(11)17)15-8-13(18)10-3-1-2-4-14(10)19-15/h1-7,13,15,18H,8H2/t13-,15?/m0/s1. The Balaban J connectivity index is 1.94. The average Bonchev–Trinajstić information content (AvgIpc) is 2.42. The van der Waals surface area contributed by atoms with Crippen molar-refractivity contribution in [2.45, 2.75) is 18.6 Å². The Kier molecular flexibility index (Phi) is 3.17. The molecule has 4 heteroatoms. The quantitative estimate of drug-likeness (QED) is 0.853. The number of hydrogen-bond donors (Lipinski definition) is 1. The lowest BCUT2D eigenvalue weighted by atomic mass is 9.95. The summed E-state index contributed by atoms with van der Waals surface area (Å²) < 4.78 is 19.0. The van der Waals surface area contributed by atoms with Gasteiger partial charge in [0.2, 0.25) is 0 Å². The Hall–Kier alpha value is -1.58. The zero-order valence-corrected chi connectivity index (χ0v) is 10.8. The molecule has 98 valence electrons. The molecule has 0 bridgehead atoms. The van der Waals surface area contributed by atoms with Crippen LogP contribution in [0.1, 0.15) is 29.8 Å². The first kappa shape index (κ1) is 12.5. The number of halogens is 2. The molecule has 1 unspecified atom stereocenters. The summed E-state index contributed by atoms with van der Waals surface area (Å²) in [5.74, 6) is 0.203. The van der Waals surface area contributed by atoms with Crippen molar-refractivity contribution in [1.29, 1.82) is 0 Å². The second kappa shape index (κ2) is 4.83. The molecule has 1 N–H and O–H groups in total. The summed E-state index contributed by atoms with van der Waals surface area (Å²) in [6, 6.07) is 11.9. The molecule has 0 saturated carbocycles. The van der Waals surface area contributed by atoms with E-state index in [1.54, 1.807) is 12.1 Å². The van der Waals surface area contributed by atoms with Crippen LogP contribution in [0.5, 0.6) is 5.75 Å². The highest BCUT2D eigenvalue weighted by Gasteiger charge is 2.27. The van der Waals surface area contributed by atoms with Crippen LogP contribution in [-0.4, -0.2) is 5.11 Å². The molecule has 0 saturated heterocycles. The number of ether oxygens (including phenoxy) is 1. The molecule has 1 aliphatic heterocycles. The normalized spacial score (nSPS) is 21.6. The smallest absolute Gasteiger partial charge is 0.141 e. The van der Waals surface area contributed by atoms with Gasteiger partial charge in [-0.3, -0.25) is 0 Å². The van der Waals surface area contributed by atoms with Crippen LogP contribution in [0.25, 0.3) is 0 Å². The van der Waals surface area contributed by atoms with E-state index in [1.165, 1.54) is 6.07 Å². The average molecular weight is 279 g/mol. The Morgan fingerprint density at radius 1 is 1.21 bits per heavy atom. The van der Waals surface area contributed by atoms with Gasteiger partial charge in [-0.1, -0.05) is 35.9 Å². The monoisotopic (exact) mass is 278 g/mol. The van der Waals surface area contributed by atoms with E-state index in [0.29, 0.717) is 12.2 Å². The molecule has 0 fully saturated rings. The first-order chi connectivity index (χ1) is 9.15. The second-order valence-electron chi connectivity index (χ2n) is 4.57. The lowest BCUT2D eigenvalue weighted by molar-refractivity contribution is 0.0657. The van der Waals surface area contributed by atoms with Crippen molar-refractivity contribution in [3.05, 3.63) is 64.4 Å². The summed E-state index contributed by atoms with van der Waals surface area (Å²) in [4.78, 5) is 0. The molecule has 2 atom stereocenters. The molecule has 0 spiro atoms. The molecule has 0 radical (unpaired) electrons. The van der Waals surface area contributed by atoms with Gasteiger partial charge in [0.1, 0.15) is 17.7 Å². The molecule has 0 aromatic heterocycles. The van der Waals surface area contributed by atoms with Crippen LogP contribution in [0.15, 0.2) is 42.5 Å². The van der Waals surface area contributed by atoms with Crippen molar-refractivity contribution in [1.82, 2.24) is 0 Å². The second-order valence-corrected chi connectivity index (χ2v) is 4.98. The van der Waals surface area contributed by atoms with Crippen LogP contribution >= 0.6 is 11.6 Å². The van der Waals surface area contributed by atoms with E-state index in [2.05, 4.69) is 0 Å². The largest absolute Gasteiger partial charge is 0.485 e. The summed E-state index contributed by atoms with van der Waals surface area (Å²) in [5, 5.41) is 10.2. The molecule has 3 rings (SSSR count). The minimum absolute atomic E-state index is 0.0643. The van der Waals surface area contributed by atoms with Crippen LogP contribution in [0, 0.1) is 5.82 Å². The van der Waals surface area contributed by atoms with Crippen molar-refractivity contribution < 1.29 is 14.2 Å². The predicted octanol–water partition coefficient (Wildman–Crippen LogP) is 4.04. The minimum atomic E-state index is -0.584. The van der Waals surface area contributed by atoms with Gasteiger partial charge in [0.25, 0.3) is 0 Å². The third-order valence-electron chi connectivity index (χ3n) is 3.30. The Morgan fingerprint density at radius 2 is 2.00 bits per heavy atom. The first-order valence-electron chi connectivity index (χ1n) is 6.04. The Bertz CT molecular complexity index is 615. The fourth-order valence-corrected chi connectivity index (χ4v) is 2.50. The van der Waals surface area contributed by atoms with Crippen LogP contribution in [0.2, 0.25) is 5.02 Å². The first-order valence-corrected chi connectivity index (χ1v) is 6.41. The molecular weight excluding hydrogens is 267 g/mol. The molecular formula is C15H12ClFO2. The van der Waals surface area contributed by atoms with Crippen molar-refractivity contribution in [3.8, 4) is 5.75 Å². The number of benzene rings is 2. The van der Waals surface area contributed by atoms with Gasteiger partial charge in [-0.25, -0.2) is 4.39 Å². The van der Waals surface area contributed by atoms with Crippen molar-refractivity contribution in [3.63, 3.8) is 0 Å². The number of aliphatic hydroxyl groups is 1. The molecule has 0 aliphatic carbocycles. The van der Waals surface area contributed by atoms with Gasteiger partial charge < -0.3 is 9.84 Å². The Morgan fingerprint density at radius 3 is 2.79 bits per heavy atom. The summed E-state index contributed by atoms with van der Waals surface area (Å²) in [6.45, 7) is 0. The fourth-order valence-electron chi connectivity index (χ4n) is 2.31. The maximum Gasteiger partial charge on any atom is 0.141 e. The Labute approximate surface area is 115 Å². The van der Waals surface area contributed by atoms with E-state index in [4.69, 9.17) is 16.3 Å². The number of rotatable bonds is 1. The van der Waals surface area contributed by atoms with Gasteiger partial charge in [0.15, 0.2) is 0 Å². The molecule has 1 aliphatic rings. The van der Waals surface area contributed by atoms with E-state index in [0.717, 1.165) is 11.1 Å². The zero-order valence-electron chi connectivity index (χ0n) is 10.0. The molecule has 19 heavy (non-hydrogen) atoms. The van der Waals surface area contributed by atoms with Crippen LogP contribution in [0.3, 0.4) is 0 Å². The van der Waals surface area contributed by atoms with Crippen molar-refractivity contribution in [2.75, 3.05) is 0 Å². The summed E-state index contributed by atoms with van der Waals surface area (Å²) in [7, 11) is 0. The SMILES string of the molecule is O[C@H]1CC(c2ccc(F)c(Cl)c2)Oc2ccccc21. The predicted molar refractivity (Wildman–Crippen MR) is 70.8 cm³/mol. The highest BCUT2D eigenvalue weighted by Crippen LogP contribution is 2.40. The van der Waals surface area contributed by atoms with Gasteiger partial charge in [-0.15, -0.1) is 0 Å². The highest BCUT2D eigenvalue weighted by atomic mass is 35.5. The summed E-state index contributed by atoms with van der Waals surface area (Å²) >= 11 is 5.78. The lowest BCUT2D eigenvalue weighted by Gasteiger charge is -2.29. The van der Waals surface area contributed by atoms with E-state index >= 15 is 0 Å². The fraction of sp³-hybridized carbons (Fsp3) is 0.200. The molecule has 2 aromatic rings. The van der Waals surface area contributed by atoms with Gasteiger partial charge in [0, 0.05) is 12.0 Å². The summed E-state index contributed by atoms with van der Waals surface area (Å²) in [6.07, 6.45) is -0.472. The lowest BCUT2D eigenvalue weighted by Crippen LogP contribution is -2.18. The van der Waals surface area contributed by atoms with Gasteiger partial charge in [0.05, 0.1) is 11.1 Å². The van der Waals surface area contributed by atoms with Crippen molar-refractivity contribution >= 4 is 11.6 Å². The number of fused-ring (bicyclic) bond motifs is 1. The topological polar surface area (TPSA) is 29.5 Å². The van der Waals surface area contributed by atoms with Crippen molar-refractivity contribution in [2.24, 2.45) is 0 Å². The van der Waals surface area contributed by atoms with Gasteiger partial charge in [-0.05, 0) is 23.8 Å². The van der Waals surface area contributed by atoms with Crippen LogP contribution in [-0.2, 0) is 0 Å². The maximum atomic E-state index is 13.2. The van der Waals surface area contributed by atoms with Gasteiger partial charge >= 0.3 is 0 Å². The summed E-state index contributed by atoms with van der Waals surface area (Å²) in [5.41, 5.74) is 1.55. The third kappa shape index (κ3) is 2.31. The maximum absolute atomic E-state index is 13.2. The van der Waals surface area contributed by atoms with E-state index in [9.17, 15) is 9.50 Å².